The summed E-state index contributed by atoms with van der Waals surface area (Å²) >= 11 is 0. The first kappa shape index (κ1) is 16.3. The van der Waals surface area contributed by atoms with E-state index in [9.17, 15) is 4.79 Å². The van der Waals surface area contributed by atoms with Gasteiger partial charge < -0.3 is 15.1 Å². The van der Waals surface area contributed by atoms with E-state index in [1.807, 2.05) is 0 Å². The van der Waals surface area contributed by atoms with Gasteiger partial charge in [0, 0.05) is 26.2 Å². The fourth-order valence-corrected chi connectivity index (χ4v) is 4.39. The van der Waals surface area contributed by atoms with Gasteiger partial charge in [-0.3, -0.25) is 4.79 Å². The Hall–Kier alpha value is -0.610. The number of carbonyl (C=O) groups is 1. The maximum atomic E-state index is 12.6. The number of hydrogen-bond acceptors (Lipinski definition) is 3. The van der Waals surface area contributed by atoms with Crippen molar-refractivity contribution in [2.75, 3.05) is 39.3 Å². The van der Waals surface area contributed by atoms with Crippen LogP contribution < -0.4 is 5.32 Å². The van der Waals surface area contributed by atoms with E-state index < -0.39 is 0 Å². The van der Waals surface area contributed by atoms with Crippen LogP contribution in [0.1, 0.15) is 57.8 Å². The molecular formula is C18H33N3O. The Morgan fingerprint density at radius 2 is 1.68 bits per heavy atom. The van der Waals surface area contributed by atoms with E-state index in [2.05, 4.69) is 15.1 Å². The molecule has 0 radical (unpaired) electrons. The molecule has 1 saturated carbocycles. The van der Waals surface area contributed by atoms with Gasteiger partial charge in [-0.1, -0.05) is 25.7 Å². The number of rotatable bonds is 3. The summed E-state index contributed by atoms with van der Waals surface area (Å²) in [5.41, 5.74) is 0. The van der Waals surface area contributed by atoms with Crippen LogP contribution in [0.3, 0.4) is 0 Å². The second kappa shape index (κ2) is 8.30. The lowest BCUT2D eigenvalue weighted by Crippen LogP contribution is -2.49. The van der Waals surface area contributed by atoms with Gasteiger partial charge in [0.1, 0.15) is 0 Å². The standard InChI is InChI=1S/C18H33N3O/c22-18(17-9-4-5-10-19-17)21-12-6-11-20(13-14-21)15-16-7-2-1-3-8-16/h16-17,19H,1-15H2/t17-/m1/s1. The predicted octanol–water partition coefficient (Wildman–Crippen LogP) is 2.24. The molecule has 3 fully saturated rings. The lowest BCUT2D eigenvalue weighted by Gasteiger charge is -2.30. The zero-order valence-corrected chi connectivity index (χ0v) is 14.1. The SMILES string of the molecule is O=C([C@H]1CCCCN1)N1CCCN(CC2CCCCC2)CC1. The normalized spacial score (nSPS) is 29.3. The molecule has 0 aromatic rings. The lowest BCUT2D eigenvalue weighted by molar-refractivity contribution is -0.133. The highest BCUT2D eigenvalue weighted by atomic mass is 16.2. The summed E-state index contributed by atoms with van der Waals surface area (Å²) in [7, 11) is 0. The Morgan fingerprint density at radius 1 is 0.864 bits per heavy atom. The van der Waals surface area contributed by atoms with Crippen molar-refractivity contribution < 1.29 is 4.79 Å². The highest BCUT2D eigenvalue weighted by Gasteiger charge is 2.27. The lowest BCUT2D eigenvalue weighted by atomic mass is 9.89. The molecule has 1 amide bonds. The van der Waals surface area contributed by atoms with Gasteiger partial charge in [-0.25, -0.2) is 0 Å². The van der Waals surface area contributed by atoms with Crippen LogP contribution in [-0.4, -0.2) is 61.0 Å². The molecule has 2 heterocycles. The second-order valence-corrected chi connectivity index (χ2v) is 7.49. The minimum atomic E-state index is 0.0960. The maximum Gasteiger partial charge on any atom is 0.239 e. The summed E-state index contributed by atoms with van der Waals surface area (Å²) in [4.78, 5) is 17.4. The Balaban J connectivity index is 1.45. The second-order valence-electron chi connectivity index (χ2n) is 7.49. The number of nitrogens with zero attached hydrogens (tertiary/aromatic N) is 2. The van der Waals surface area contributed by atoms with Crippen molar-refractivity contribution in [2.24, 2.45) is 5.92 Å². The average molecular weight is 307 g/mol. The number of nitrogens with one attached hydrogen (secondary N) is 1. The molecule has 3 aliphatic rings. The van der Waals surface area contributed by atoms with Gasteiger partial charge in [0.25, 0.3) is 0 Å². The summed E-state index contributed by atoms with van der Waals surface area (Å²) in [6, 6.07) is 0.0960. The third-order valence-electron chi connectivity index (χ3n) is 5.75. The molecule has 2 aliphatic heterocycles. The summed E-state index contributed by atoms with van der Waals surface area (Å²) in [6.45, 7) is 6.43. The minimum Gasteiger partial charge on any atom is -0.340 e. The summed E-state index contributed by atoms with van der Waals surface area (Å²) < 4.78 is 0. The quantitative estimate of drug-likeness (QED) is 0.868. The first-order valence-electron chi connectivity index (χ1n) is 9.57. The van der Waals surface area contributed by atoms with E-state index >= 15 is 0 Å². The van der Waals surface area contributed by atoms with Crippen molar-refractivity contribution in [3.05, 3.63) is 0 Å². The molecule has 1 atom stereocenters. The van der Waals surface area contributed by atoms with E-state index in [1.54, 1.807) is 0 Å². The largest absolute Gasteiger partial charge is 0.340 e. The van der Waals surface area contributed by atoms with Gasteiger partial charge >= 0.3 is 0 Å². The molecule has 4 nitrogen and oxygen atoms in total. The third kappa shape index (κ3) is 4.45. The van der Waals surface area contributed by atoms with E-state index in [0.717, 1.165) is 44.9 Å². The molecule has 0 aromatic carbocycles. The fraction of sp³-hybridized carbons (Fsp3) is 0.944. The van der Waals surface area contributed by atoms with Crippen LogP contribution in [0, 0.1) is 5.92 Å². The van der Waals surface area contributed by atoms with Crippen LogP contribution in [0.2, 0.25) is 0 Å². The van der Waals surface area contributed by atoms with Gasteiger partial charge in [0.15, 0.2) is 0 Å². The summed E-state index contributed by atoms with van der Waals surface area (Å²) in [6.07, 6.45) is 11.7. The number of amides is 1. The van der Waals surface area contributed by atoms with Gasteiger partial charge in [-0.2, -0.15) is 0 Å². The number of carbonyl (C=O) groups excluding carboxylic acids is 1. The topological polar surface area (TPSA) is 35.6 Å². The van der Waals surface area contributed by atoms with Crippen LogP contribution in [-0.2, 0) is 4.79 Å². The van der Waals surface area contributed by atoms with Crippen molar-refractivity contribution in [1.29, 1.82) is 0 Å². The van der Waals surface area contributed by atoms with Gasteiger partial charge in [-0.15, -0.1) is 0 Å². The number of hydrogen-bond donors (Lipinski definition) is 1. The van der Waals surface area contributed by atoms with Gasteiger partial charge in [-0.05, 0) is 51.1 Å². The molecule has 3 rings (SSSR count). The van der Waals surface area contributed by atoms with Crippen LogP contribution in [0.25, 0.3) is 0 Å². The fourth-order valence-electron chi connectivity index (χ4n) is 4.39. The van der Waals surface area contributed by atoms with Crippen LogP contribution in [0.5, 0.6) is 0 Å². The molecule has 2 saturated heterocycles. The molecule has 126 valence electrons. The zero-order valence-electron chi connectivity index (χ0n) is 14.1. The summed E-state index contributed by atoms with van der Waals surface area (Å²) in [5, 5.41) is 3.41. The van der Waals surface area contributed by atoms with Gasteiger partial charge in [0.2, 0.25) is 5.91 Å². The Kier molecular flexibility index (Phi) is 6.13. The Bertz CT molecular complexity index is 348. The molecule has 0 aromatic heterocycles. The van der Waals surface area contributed by atoms with Crippen LogP contribution in [0.4, 0.5) is 0 Å². The maximum absolute atomic E-state index is 12.6. The Morgan fingerprint density at radius 3 is 2.45 bits per heavy atom. The molecule has 0 unspecified atom stereocenters. The highest BCUT2D eigenvalue weighted by Crippen LogP contribution is 2.24. The monoisotopic (exact) mass is 307 g/mol. The van der Waals surface area contributed by atoms with Crippen molar-refractivity contribution in [1.82, 2.24) is 15.1 Å². The van der Waals surface area contributed by atoms with Crippen molar-refractivity contribution >= 4 is 5.91 Å². The van der Waals surface area contributed by atoms with Crippen molar-refractivity contribution in [3.8, 4) is 0 Å². The van der Waals surface area contributed by atoms with Gasteiger partial charge in [0.05, 0.1) is 6.04 Å². The number of piperidine rings is 1. The molecule has 0 spiro atoms. The molecule has 4 heteroatoms. The van der Waals surface area contributed by atoms with E-state index in [4.69, 9.17) is 0 Å². The smallest absolute Gasteiger partial charge is 0.239 e. The molecule has 1 N–H and O–H groups in total. The van der Waals surface area contributed by atoms with E-state index in [0.29, 0.717) is 5.91 Å². The van der Waals surface area contributed by atoms with E-state index in [-0.39, 0.29) is 6.04 Å². The highest BCUT2D eigenvalue weighted by molar-refractivity contribution is 5.82. The average Bonchev–Trinajstić information content (AvgIpc) is 2.82. The van der Waals surface area contributed by atoms with Crippen LogP contribution in [0.15, 0.2) is 0 Å². The molecule has 22 heavy (non-hydrogen) atoms. The first-order chi connectivity index (χ1) is 10.8. The molecule has 0 bridgehead atoms. The third-order valence-corrected chi connectivity index (χ3v) is 5.75. The molecular weight excluding hydrogens is 274 g/mol. The molecule has 1 aliphatic carbocycles. The van der Waals surface area contributed by atoms with Crippen molar-refractivity contribution in [3.63, 3.8) is 0 Å². The first-order valence-corrected chi connectivity index (χ1v) is 9.57. The summed E-state index contributed by atoms with van der Waals surface area (Å²) in [5.74, 6) is 1.27. The van der Waals surface area contributed by atoms with E-state index in [1.165, 1.54) is 58.0 Å². The Labute approximate surface area is 135 Å². The minimum absolute atomic E-state index is 0.0960. The van der Waals surface area contributed by atoms with Crippen molar-refractivity contribution in [2.45, 2.75) is 63.8 Å². The zero-order chi connectivity index (χ0) is 15.2. The van der Waals surface area contributed by atoms with Crippen LogP contribution >= 0.6 is 0 Å². The predicted molar refractivity (Wildman–Crippen MR) is 89.9 cm³/mol.